The number of benzene rings is 1. The molecule has 0 aliphatic heterocycles. The number of methoxy groups -OCH3 is 1. The molecule has 0 aliphatic carbocycles. The molecule has 1 rings (SSSR count). The highest BCUT2D eigenvalue weighted by Gasteiger charge is 2.21. The van der Waals surface area contributed by atoms with E-state index in [0.717, 1.165) is 5.56 Å². The first kappa shape index (κ1) is 16.0. The molecule has 4 nitrogen and oxygen atoms in total. The molecule has 0 heterocycles. The SMILES string of the molecule is COC(=O)[C@H](C/C=C/c1ccccc1)NC(=O)C(C)C. The Kier molecular flexibility index (Phi) is 6.50. The van der Waals surface area contributed by atoms with Gasteiger partial charge in [0.25, 0.3) is 0 Å². The van der Waals surface area contributed by atoms with E-state index in [1.165, 1.54) is 7.11 Å². The van der Waals surface area contributed by atoms with E-state index in [-0.39, 0.29) is 11.8 Å². The molecule has 0 radical (unpaired) electrons. The standard InChI is InChI=1S/C16H21NO3/c1-12(2)15(18)17-14(16(19)20-3)11-7-10-13-8-5-4-6-9-13/h4-10,12,14H,11H2,1-3H3,(H,17,18)/b10-7+/t14-/m0/s1. The van der Waals surface area contributed by atoms with Crippen molar-refractivity contribution in [2.24, 2.45) is 5.92 Å². The van der Waals surface area contributed by atoms with Crippen molar-refractivity contribution in [2.75, 3.05) is 7.11 Å². The van der Waals surface area contributed by atoms with Gasteiger partial charge in [0.1, 0.15) is 6.04 Å². The zero-order chi connectivity index (χ0) is 15.0. The minimum atomic E-state index is -0.644. The van der Waals surface area contributed by atoms with Gasteiger partial charge in [-0.25, -0.2) is 4.79 Å². The van der Waals surface area contributed by atoms with Crippen LogP contribution in [-0.4, -0.2) is 25.0 Å². The molecule has 0 aliphatic rings. The van der Waals surface area contributed by atoms with Gasteiger partial charge in [-0.15, -0.1) is 0 Å². The summed E-state index contributed by atoms with van der Waals surface area (Å²) >= 11 is 0. The summed E-state index contributed by atoms with van der Waals surface area (Å²) in [4.78, 5) is 23.3. The number of ether oxygens (including phenoxy) is 1. The molecule has 0 spiro atoms. The number of carbonyl (C=O) groups excluding carboxylic acids is 2. The number of hydrogen-bond donors (Lipinski definition) is 1. The van der Waals surface area contributed by atoms with Gasteiger partial charge in [-0.05, 0) is 12.0 Å². The zero-order valence-electron chi connectivity index (χ0n) is 12.1. The zero-order valence-corrected chi connectivity index (χ0v) is 12.1. The number of amides is 1. The van der Waals surface area contributed by atoms with Gasteiger partial charge >= 0.3 is 5.97 Å². The maximum absolute atomic E-state index is 11.7. The van der Waals surface area contributed by atoms with E-state index >= 15 is 0 Å². The molecule has 20 heavy (non-hydrogen) atoms. The van der Waals surface area contributed by atoms with Crippen LogP contribution < -0.4 is 5.32 Å². The first-order valence-electron chi connectivity index (χ1n) is 6.64. The number of carbonyl (C=O) groups is 2. The van der Waals surface area contributed by atoms with Crippen LogP contribution in [0.25, 0.3) is 6.08 Å². The largest absolute Gasteiger partial charge is 0.467 e. The summed E-state index contributed by atoms with van der Waals surface area (Å²) in [6.07, 6.45) is 4.18. The Labute approximate surface area is 119 Å². The molecule has 1 N–H and O–H groups in total. The summed E-state index contributed by atoms with van der Waals surface area (Å²) < 4.78 is 4.71. The first-order chi connectivity index (χ1) is 9.54. The van der Waals surface area contributed by atoms with Crippen LogP contribution in [0.1, 0.15) is 25.8 Å². The second kappa shape index (κ2) is 8.15. The molecule has 0 fully saturated rings. The van der Waals surface area contributed by atoms with Crippen molar-refractivity contribution in [1.29, 1.82) is 0 Å². The molecule has 1 atom stereocenters. The maximum atomic E-state index is 11.7. The summed E-state index contributed by atoms with van der Waals surface area (Å²) in [5.74, 6) is -0.759. The van der Waals surface area contributed by atoms with Gasteiger partial charge in [-0.2, -0.15) is 0 Å². The van der Waals surface area contributed by atoms with Crippen LogP contribution in [0, 0.1) is 5.92 Å². The van der Waals surface area contributed by atoms with E-state index < -0.39 is 12.0 Å². The molecule has 4 heteroatoms. The molecule has 0 saturated carbocycles. The van der Waals surface area contributed by atoms with Crippen molar-refractivity contribution in [2.45, 2.75) is 26.3 Å². The third kappa shape index (κ3) is 5.26. The quantitative estimate of drug-likeness (QED) is 0.811. The highest BCUT2D eigenvalue weighted by atomic mass is 16.5. The average Bonchev–Trinajstić information content (AvgIpc) is 2.46. The van der Waals surface area contributed by atoms with Crippen LogP contribution in [0.4, 0.5) is 0 Å². The van der Waals surface area contributed by atoms with Crippen molar-refractivity contribution in [3.05, 3.63) is 42.0 Å². The Bertz CT molecular complexity index is 466. The van der Waals surface area contributed by atoms with Crippen molar-refractivity contribution in [3.63, 3.8) is 0 Å². The van der Waals surface area contributed by atoms with Gasteiger partial charge in [0.05, 0.1) is 7.11 Å². The number of hydrogen-bond acceptors (Lipinski definition) is 3. The fourth-order valence-corrected chi connectivity index (χ4v) is 1.60. The summed E-state index contributed by atoms with van der Waals surface area (Å²) in [6.45, 7) is 3.56. The molecule has 0 unspecified atom stereocenters. The monoisotopic (exact) mass is 275 g/mol. The van der Waals surface area contributed by atoms with Crippen molar-refractivity contribution < 1.29 is 14.3 Å². The molecule has 0 saturated heterocycles. The van der Waals surface area contributed by atoms with Crippen LogP contribution in [0.15, 0.2) is 36.4 Å². The highest BCUT2D eigenvalue weighted by molar-refractivity contribution is 5.85. The van der Waals surface area contributed by atoms with E-state index in [4.69, 9.17) is 4.74 Å². The lowest BCUT2D eigenvalue weighted by atomic mass is 10.1. The van der Waals surface area contributed by atoms with Crippen LogP contribution in [-0.2, 0) is 14.3 Å². The lowest BCUT2D eigenvalue weighted by Gasteiger charge is -2.16. The van der Waals surface area contributed by atoms with Crippen LogP contribution in [0.3, 0.4) is 0 Å². The molecular formula is C16H21NO3. The van der Waals surface area contributed by atoms with Gasteiger partial charge in [0.2, 0.25) is 5.91 Å². The Hall–Kier alpha value is -2.10. The third-order valence-electron chi connectivity index (χ3n) is 2.81. The van der Waals surface area contributed by atoms with Gasteiger partial charge in [-0.3, -0.25) is 4.79 Å². The van der Waals surface area contributed by atoms with Crippen molar-refractivity contribution in [1.82, 2.24) is 5.32 Å². The molecule has 0 bridgehead atoms. The minimum Gasteiger partial charge on any atom is -0.467 e. The predicted molar refractivity (Wildman–Crippen MR) is 78.9 cm³/mol. The number of nitrogens with one attached hydrogen (secondary N) is 1. The van der Waals surface area contributed by atoms with E-state index in [9.17, 15) is 9.59 Å². The van der Waals surface area contributed by atoms with Crippen LogP contribution in [0.2, 0.25) is 0 Å². The smallest absolute Gasteiger partial charge is 0.328 e. The average molecular weight is 275 g/mol. The van der Waals surface area contributed by atoms with Crippen molar-refractivity contribution in [3.8, 4) is 0 Å². The summed E-state index contributed by atoms with van der Waals surface area (Å²) in [6, 6.07) is 9.12. The summed E-state index contributed by atoms with van der Waals surface area (Å²) in [5.41, 5.74) is 1.05. The highest BCUT2D eigenvalue weighted by Crippen LogP contribution is 2.05. The fourth-order valence-electron chi connectivity index (χ4n) is 1.60. The Morgan fingerprint density at radius 3 is 2.45 bits per heavy atom. The molecule has 108 valence electrons. The van der Waals surface area contributed by atoms with Gasteiger partial charge < -0.3 is 10.1 Å². The van der Waals surface area contributed by atoms with Gasteiger partial charge in [-0.1, -0.05) is 56.3 Å². The van der Waals surface area contributed by atoms with Gasteiger partial charge in [0, 0.05) is 5.92 Å². The lowest BCUT2D eigenvalue weighted by molar-refractivity contribution is -0.145. The van der Waals surface area contributed by atoms with Crippen LogP contribution in [0.5, 0.6) is 0 Å². The number of rotatable bonds is 6. The summed E-state index contributed by atoms with van der Waals surface area (Å²) in [5, 5.41) is 2.69. The summed E-state index contributed by atoms with van der Waals surface area (Å²) in [7, 11) is 1.32. The molecule has 1 aromatic rings. The van der Waals surface area contributed by atoms with E-state index in [2.05, 4.69) is 5.32 Å². The normalized spacial score (nSPS) is 12.4. The van der Waals surface area contributed by atoms with Gasteiger partial charge in [0.15, 0.2) is 0 Å². The predicted octanol–water partition coefficient (Wildman–Crippen LogP) is 2.40. The Morgan fingerprint density at radius 2 is 1.90 bits per heavy atom. The first-order valence-corrected chi connectivity index (χ1v) is 6.64. The van der Waals surface area contributed by atoms with E-state index in [1.807, 2.05) is 42.5 Å². The van der Waals surface area contributed by atoms with E-state index in [1.54, 1.807) is 13.8 Å². The second-order valence-corrected chi connectivity index (χ2v) is 4.79. The van der Waals surface area contributed by atoms with Crippen molar-refractivity contribution >= 4 is 18.0 Å². The molecular weight excluding hydrogens is 254 g/mol. The minimum absolute atomic E-state index is 0.159. The molecule has 0 aromatic heterocycles. The number of esters is 1. The Morgan fingerprint density at radius 1 is 1.25 bits per heavy atom. The van der Waals surface area contributed by atoms with E-state index in [0.29, 0.717) is 6.42 Å². The molecule has 1 aromatic carbocycles. The van der Waals surface area contributed by atoms with Crippen LogP contribution >= 0.6 is 0 Å². The topological polar surface area (TPSA) is 55.4 Å². The lowest BCUT2D eigenvalue weighted by Crippen LogP contribution is -2.42. The maximum Gasteiger partial charge on any atom is 0.328 e. The third-order valence-corrected chi connectivity index (χ3v) is 2.81. The second-order valence-electron chi connectivity index (χ2n) is 4.79. The fraction of sp³-hybridized carbons (Fsp3) is 0.375. The Balaban J connectivity index is 2.63. The molecule has 1 amide bonds.